The lowest BCUT2D eigenvalue weighted by atomic mass is 9.86. The Hall–Kier alpha value is -13.1. The highest BCUT2D eigenvalue weighted by molar-refractivity contribution is 6.21. The Morgan fingerprint density at radius 1 is 0.150 bits per heavy atom. The fourth-order valence-electron chi connectivity index (χ4n) is 14.5. The third kappa shape index (κ3) is 12.2. The van der Waals surface area contributed by atoms with Gasteiger partial charge in [0.25, 0.3) is 0 Å². The number of anilines is 6. The summed E-state index contributed by atoms with van der Waals surface area (Å²) in [5.41, 5.74) is 20.5. The summed E-state index contributed by atoms with van der Waals surface area (Å²) in [6, 6.07) is 132. The molecule has 17 aromatic rings. The van der Waals surface area contributed by atoms with Gasteiger partial charge in [-0.1, -0.05) is 340 Å². The molecule has 0 aromatic heterocycles. The van der Waals surface area contributed by atoms with E-state index in [4.69, 9.17) is 0 Å². The first kappa shape index (κ1) is 60.5. The summed E-state index contributed by atoms with van der Waals surface area (Å²) in [4.78, 5) is 4.73. The highest BCUT2D eigenvalue weighted by Gasteiger charge is 2.20. The smallest absolute Gasteiger partial charge is 0.0462 e. The Morgan fingerprint density at radius 3 is 0.570 bits per heavy atom. The van der Waals surface area contributed by atoms with Crippen LogP contribution in [0.1, 0.15) is 44.5 Å². The van der Waals surface area contributed by atoms with Gasteiger partial charge in [0.1, 0.15) is 0 Å². The summed E-state index contributed by atoms with van der Waals surface area (Å²) < 4.78 is 0. The molecule has 0 heterocycles. The molecule has 0 spiro atoms. The molecule has 0 radical (unpaired) electrons. The second kappa shape index (κ2) is 27.2. The van der Waals surface area contributed by atoms with Gasteiger partial charge >= 0.3 is 0 Å². The molecule has 0 atom stereocenters. The van der Waals surface area contributed by atoms with E-state index in [0.717, 1.165) is 67.5 Å². The summed E-state index contributed by atoms with van der Waals surface area (Å²) in [5, 5.41) is 14.7. The molecule has 0 aliphatic heterocycles. The SMILES string of the molecule is C(=C\c1cccc2ccccc12)/c1ccc(N(c2ccc(/C=C/c3cccc4ccccc34)cc2)c2ccc(-c3c4ccccc4c(-c4ccc(N(c5ccc(/C=C/c6cccc7ccccc67)cc5)c5ccc(/C=C/c6cccc7ccccc67)cc5)cc4)c4ccccc34)cc2)cc1. The Balaban J connectivity index is 0.705. The van der Waals surface area contributed by atoms with Crippen LogP contribution in [-0.4, -0.2) is 0 Å². The van der Waals surface area contributed by atoms with Crippen LogP contribution in [0.2, 0.25) is 0 Å². The Morgan fingerprint density at radius 2 is 0.340 bits per heavy atom. The van der Waals surface area contributed by atoms with Gasteiger partial charge in [-0.3, -0.25) is 0 Å². The molecule has 0 amide bonds. The van der Waals surface area contributed by atoms with Crippen molar-refractivity contribution in [1.29, 1.82) is 0 Å². The predicted molar refractivity (Wildman–Crippen MR) is 433 cm³/mol. The third-order valence-electron chi connectivity index (χ3n) is 19.5. The molecule has 0 unspecified atom stereocenters. The fraction of sp³-hybridized carbons (Fsp3) is 0. The van der Waals surface area contributed by atoms with Crippen LogP contribution in [0.5, 0.6) is 0 Å². The molecular weight excluding hydrogens is 1210 g/mol. The van der Waals surface area contributed by atoms with Gasteiger partial charge in [0.05, 0.1) is 0 Å². The maximum absolute atomic E-state index is 2.37. The van der Waals surface area contributed by atoms with Crippen molar-refractivity contribution < 1.29 is 0 Å². The van der Waals surface area contributed by atoms with Gasteiger partial charge in [-0.05, 0) is 204 Å². The molecule has 0 fully saturated rings. The van der Waals surface area contributed by atoms with Gasteiger partial charge in [-0.25, -0.2) is 0 Å². The minimum Gasteiger partial charge on any atom is -0.311 e. The highest BCUT2D eigenvalue weighted by atomic mass is 15.1. The Kier molecular flexibility index (Phi) is 16.4. The highest BCUT2D eigenvalue weighted by Crippen LogP contribution is 2.46. The van der Waals surface area contributed by atoms with Crippen molar-refractivity contribution in [3.63, 3.8) is 0 Å². The quantitative estimate of drug-likeness (QED) is 0.0703. The Bertz CT molecular complexity index is 5260. The van der Waals surface area contributed by atoms with E-state index in [0.29, 0.717) is 0 Å². The van der Waals surface area contributed by atoms with Crippen LogP contribution in [0.25, 0.3) is 135 Å². The van der Waals surface area contributed by atoms with Crippen LogP contribution in [0.3, 0.4) is 0 Å². The zero-order valence-electron chi connectivity index (χ0n) is 55.2. The van der Waals surface area contributed by atoms with Crippen LogP contribution in [-0.2, 0) is 0 Å². The van der Waals surface area contributed by atoms with E-state index in [1.165, 1.54) is 98.0 Å². The molecule has 0 saturated carbocycles. The van der Waals surface area contributed by atoms with E-state index in [1.807, 2.05) is 0 Å². The molecule has 17 rings (SSSR count). The van der Waals surface area contributed by atoms with Crippen molar-refractivity contribution in [2.75, 3.05) is 9.80 Å². The van der Waals surface area contributed by atoms with Crippen molar-refractivity contribution >= 4 is 147 Å². The van der Waals surface area contributed by atoms with Crippen LogP contribution in [0.15, 0.2) is 364 Å². The maximum Gasteiger partial charge on any atom is 0.0462 e. The van der Waals surface area contributed by atoms with Gasteiger partial charge < -0.3 is 9.80 Å². The third-order valence-corrected chi connectivity index (χ3v) is 19.5. The molecule has 100 heavy (non-hydrogen) atoms. The molecule has 470 valence electrons. The zero-order chi connectivity index (χ0) is 66.6. The predicted octanol–water partition coefficient (Wildman–Crippen LogP) is 27.6. The van der Waals surface area contributed by atoms with E-state index in [2.05, 4.69) is 422 Å². The molecule has 0 bridgehead atoms. The van der Waals surface area contributed by atoms with Gasteiger partial charge in [0.2, 0.25) is 0 Å². The number of benzene rings is 17. The van der Waals surface area contributed by atoms with Crippen molar-refractivity contribution in [3.05, 3.63) is 408 Å². The molecule has 0 aliphatic rings. The van der Waals surface area contributed by atoms with Crippen molar-refractivity contribution in [2.45, 2.75) is 0 Å². The van der Waals surface area contributed by atoms with Crippen LogP contribution in [0, 0.1) is 0 Å². The van der Waals surface area contributed by atoms with Crippen molar-refractivity contribution in [2.24, 2.45) is 0 Å². The summed E-state index contributed by atoms with van der Waals surface area (Å²) in [5.74, 6) is 0. The van der Waals surface area contributed by atoms with Gasteiger partial charge in [0, 0.05) is 34.1 Å². The van der Waals surface area contributed by atoms with E-state index < -0.39 is 0 Å². The van der Waals surface area contributed by atoms with E-state index in [1.54, 1.807) is 0 Å². The number of rotatable bonds is 16. The topological polar surface area (TPSA) is 6.48 Å². The number of hydrogen-bond acceptors (Lipinski definition) is 2. The summed E-state index contributed by atoms with van der Waals surface area (Å²) in [6.45, 7) is 0. The van der Waals surface area contributed by atoms with E-state index in [-0.39, 0.29) is 0 Å². The minimum absolute atomic E-state index is 1.07. The molecule has 0 N–H and O–H groups in total. The van der Waals surface area contributed by atoms with E-state index >= 15 is 0 Å². The first-order chi connectivity index (χ1) is 49.6. The molecule has 17 aromatic carbocycles. The minimum atomic E-state index is 1.07. The maximum atomic E-state index is 2.37. The molecular formula is C98H68N2. The second-order valence-electron chi connectivity index (χ2n) is 25.6. The largest absolute Gasteiger partial charge is 0.311 e. The summed E-state index contributed by atoms with van der Waals surface area (Å²) in [6.07, 6.45) is 17.8. The van der Waals surface area contributed by atoms with Crippen molar-refractivity contribution in [3.8, 4) is 22.3 Å². The molecule has 2 heteroatoms. The first-order valence-corrected chi connectivity index (χ1v) is 34.4. The summed E-state index contributed by atoms with van der Waals surface area (Å²) >= 11 is 0. The second-order valence-corrected chi connectivity index (χ2v) is 25.6. The monoisotopic (exact) mass is 1270 g/mol. The molecule has 0 saturated heterocycles. The van der Waals surface area contributed by atoms with Crippen LogP contribution >= 0.6 is 0 Å². The van der Waals surface area contributed by atoms with Gasteiger partial charge in [-0.2, -0.15) is 0 Å². The van der Waals surface area contributed by atoms with E-state index in [9.17, 15) is 0 Å². The Labute approximate surface area is 584 Å². The number of hydrogen-bond donors (Lipinski definition) is 0. The normalized spacial score (nSPS) is 11.8. The number of fused-ring (bicyclic) bond motifs is 6. The average molecular weight is 1270 g/mol. The van der Waals surface area contributed by atoms with Gasteiger partial charge in [0.15, 0.2) is 0 Å². The van der Waals surface area contributed by atoms with Crippen LogP contribution < -0.4 is 9.80 Å². The lowest BCUT2D eigenvalue weighted by Crippen LogP contribution is -2.10. The fourth-order valence-corrected chi connectivity index (χ4v) is 14.5. The number of nitrogens with zero attached hydrogens (tertiary/aromatic N) is 2. The first-order valence-electron chi connectivity index (χ1n) is 34.4. The van der Waals surface area contributed by atoms with Gasteiger partial charge in [-0.15, -0.1) is 0 Å². The lowest BCUT2D eigenvalue weighted by Gasteiger charge is -2.26. The lowest BCUT2D eigenvalue weighted by molar-refractivity contribution is 1.28. The summed E-state index contributed by atoms with van der Waals surface area (Å²) in [7, 11) is 0. The molecule has 0 aliphatic carbocycles. The standard InChI is InChI=1S/C98H68N2/c1-5-29-89-73(17-1)21-13-25-77(89)49-37-69-41-57-83(58-42-69)99(84-59-43-70(44-60-84)38-50-78-26-14-22-74-18-2-6-30-90(74)78)87-65-53-81(54-66-87)97-93-33-9-11-35-95(93)98(96-36-12-10-34-94(96)97)82-55-67-88(68-56-82)100(85-61-45-71(46-62-85)39-51-79-27-15-23-75-19-3-7-31-91(75)79)86-63-47-72(48-64-86)40-52-80-28-16-24-76-20-4-8-32-92(76)80/h1-68H/b49-37+,50-38+,51-39+,52-40+. The van der Waals surface area contributed by atoms with Crippen molar-refractivity contribution in [1.82, 2.24) is 0 Å². The zero-order valence-corrected chi connectivity index (χ0v) is 55.2. The average Bonchev–Trinajstić information content (AvgIpc) is 0.730. The molecule has 2 nitrogen and oxygen atoms in total. The van der Waals surface area contributed by atoms with Crippen LogP contribution in [0.4, 0.5) is 34.1 Å².